The zero-order valence-electron chi connectivity index (χ0n) is 9.03. The quantitative estimate of drug-likeness (QED) is 0.770. The zero-order valence-corrected chi connectivity index (χ0v) is 9.79. The molecular weight excluding hydrogens is 226 g/mol. The fraction of sp³-hybridized carbons (Fsp3) is 0.455. The van der Waals surface area contributed by atoms with Crippen LogP contribution in [0.5, 0.6) is 0 Å². The van der Waals surface area contributed by atoms with Crippen molar-refractivity contribution in [3.8, 4) is 0 Å². The maximum Gasteiger partial charge on any atom is 0.229 e. The van der Waals surface area contributed by atoms with Crippen molar-refractivity contribution < 1.29 is 4.79 Å². The second kappa shape index (κ2) is 4.80. The highest BCUT2D eigenvalue weighted by Gasteiger charge is 2.29. The van der Waals surface area contributed by atoms with Gasteiger partial charge in [0.1, 0.15) is 0 Å². The number of hydrogen-bond acceptors (Lipinski definition) is 3. The summed E-state index contributed by atoms with van der Waals surface area (Å²) in [5.74, 6) is 0.374. The summed E-state index contributed by atoms with van der Waals surface area (Å²) in [5, 5.41) is 6.33. The molecule has 4 nitrogen and oxygen atoms in total. The molecule has 2 N–H and O–H groups in total. The molecule has 0 aromatic carbocycles. The van der Waals surface area contributed by atoms with Gasteiger partial charge < -0.3 is 10.6 Å². The zero-order chi connectivity index (χ0) is 11.5. The van der Waals surface area contributed by atoms with Crippen LogP contribution >= 0.6 is 11.6 Å². The average Bonchev–Trinajstić information content (AvgIpc) is 2.68. The Hall–Kier alpha value is -1.13. The molecule has 0 bridgehead atoms. The number of rotatable bonds is 2. The molecule has 0 saturated carbocycles. The Bertz CT molecular complexity index is 397. The molecule has 1 fully saturated rings. The van der Waals surface area contributed by atoms with E-state index in [2.05, 4.69) is 22.5 Å². The number of carbonyl (C=O) groups excluding carboxylic acids is 1. The minimum atomic E-state index is 0.00685. The third-order valence-electron chi connectivity index (χ3n) is 2.87. The Morgan fingerprint density at radius 2 is 2.44 bits per heavy atom. The number of nitrogens with one attached hydrogen (secondary N) is 2. The van der Waals surface area contributed by atoms with E-state index in [1.807, 2.05) is 0 Å². The Balaban J connectivity index is 2.05. The minimum Gasteiger partial charge on any atom is -0.323 e. The first-order chi connectivity index (χ1) is 7.68. The van der Waals surface area contributed by atoms with Crippen LogP contribution in [0.25, 0.3) is 0 Å². The van der Waals surface area contributed by atoms with Crippen molar-refractivity contribution in [3.63, 3.8) is 0 Å². The highest BCUT2D eigenvalue weighted by molar-refractivity contribution is 6.32. The van der Waals surface area contributed by atoms with Gasteiger partial charge in [0.25, 0.3) is 0 Å². The number of halogens is 1. The molecule has 1 aromatic rings. The van der Waals surface area contributed by atoms with Crippen LogP contribution in [0, 0.1) is 11.8 Å². The Morgan fingerprint density at radius 1 is 1.62 bits per heavy atom. The molecule has 1 aromatic heterocycles. The second-order valence-electron chi connectivity index (χ2n) is 4.07. The minimum absolute atomic E-state index is 0.00685. The Labute approximate surface area is 99.4 Å². The van der Waals surface area contributed by atoms with E-state index in [0.29, 0.717) is 16.8 Å². The van der Waals surface area contributed by atoms with Crippen LogP contribution in [0.3, 0.4) is 0 Å². The number of hydrogen-bond donors (Lipinski definition) is 2. The fourth-order valence-corrected chi connectivity index (χ4v) is 2.03. The third-order valence-corrected chi connectivity index (χ3v) is 3.17. The van der Waals surface area contributed by atoms with Crippen molar-refractivity contribution in [1.29, 1.82) is 0 Å². The predicted molar refractivity (Wildman–Crippen MR) is 63.4 cm³/mol. The fourth-order valence-electron chi connectivity index (χ4n) is 1.87. The van der Waals surface area contributed by atoms with E-state index in [1.165, 1.54) is 0 Å². The van der Waals surface area contributed by atoms with Crippen LogP contribution in [0.4, 0.5) is 5.69 Å². The summed E-state index contributed by atoms with van der Waals surface area (Å²) in [4.78, 5) is 15.9. The SMILES string of the molecule is C[C@@H]1CNC[C@H]1C(=O)Nc1cccnc1Cl. The van der Waals surface area contributed by atoms with Gasteiger partial charge in [-0.05, 0) is 24.6 Å². The lowest BCUT2D eigenvalue weighted by molar-refractivity contribution is -0.120. The van der Waals surface area contributed by atoms with Gasteiger partial charge in [0.2, 0.25) is 5.91 Å². The molecule has 5 heteroatoms. The van der Waals surface area contributed by atoms with Crippen molar-refractivity contribution in [3.05, 3.63) is 23.5 Å². The normalized spacial score (nSPS) is 24.4. The highest BCUT2D eigenvalue weighted by atomic mass is 35.5. The molecule has 0 aliphatic carbocycles. The monoisotopic (exact) mass is 239 g/mol. The van der Waals surface area contributed by atoms with Gasteiger partial charge >= 0.3 is 0 Å². The summed E-state index contributed by atoms with van der Waals surface area (Å²) >= 11 is 5.87. The summed E-state index contributed by atoms with van der Waals surface area (Å²) < 4.78 is 0. The summed E-state index contributed by atoms with van der Waals surface area (Å²) in [6.45, 7) is 3.68. The van der Waals surface area contributed by atoms with E-state index >= 15 is 0 Å². The van der Waals surface area contributed by atoms with Gasteiger partial charge in [0, 0.05) is 12.7 Å². The molecule has 2 atom stereocenters. The van der Waals surface area contributed by atoms with Crippen LogP contribution < -0.4 is 10.6 Å². The van der Waals surface area contributed by atoms with E-state index in [-0.39, 0.29) is 11.8 Å². The second-order valence-corrected chi connectivity index (χ2v) is 4.43. The topological polar surface area (TPSA) is 54.0 Å². The standard InChI is InChI=1S/C11H14ClN3O/c1-7-5-13-6-8(7)11(16)15-9-3-2-4-14-10(9)12/h2-4,7-8,13H,5-6H2,1H3,(H,15,16)/t7-,8-/m1/s1. The van der Waals surface area contributed by atoms with E-state index in [9.17, 15) is 4.79 Å². The average molecular weight is 240 g/mol. The van der Waals surface area contributed by atoms with Gasteiger partial charge in [0.05, 0.1) is 11.6 Å². The molecule has 0 radical (unpaired) electrons. The van der Waals surface area contributed by atoms with Gasteiger partial charge in [-0.3, -0.25) is 4.79 Å². The number of carbonyl (C=O) groups is 1. The molecule has 0 spiro atoms. The first-order valence-electron chi connectivity index (χ1n) is 5.30. The van der Waals surface area contributed by atoms with Crippen LogP contribution in [0.1, 0.15) is 6.92 Å². The van der Waals surface area contributed by atoms with Crippen molar-refractivity contribution in [2.75, 3.05) is 18.4 Å². The number of aromatic nitrogens is 1. The highest BCUT2D eigenvalue weighted by Crippen LogP contribution is 2.21. The van der Waals surface area contributed by atoms with Gasteiger partial charge in [-0.15, -0.1) is 0 Å². The molecular formula is C11H14ClN3O. The smallest absolute Gasteiger partial charge is 0.229 e. The molecule has 86 valence electrons. The molecule has 0 unspecified atom stereocenters. The van der Waals surface area contributed by atoms with Gasteiger partial charge in [-0.1, -0.05) is 18.5 Å². The van der Waals surface area contributed by atoms with E-state index in [1.54, 1.807) is 18.3 Å². The largest absolute Gasteiger partial charge is 0.323 e. The van der Waals surface area contributed by atoms with Crippen LogP contribution in [0.2, 0.25) is 5.15 Å². The summed E-state index contributed by atoms with van der Waals surface area (Å²) in [7, 11) is 0. The summed E-state index contributed by atoms with van der Waals surface area (Å²) in [5.41, 5.74) is 0.577. The van der Waals surface area contributed by atoms with Crippen LogP contribution in [-0.4, -0.2) is 24.0 Å². The van der Waals surface area contributed by atoms with Gasteiger partial charge in [0.15, 0.2) is 5.15 Å². The third kappa shape index (κ3) is 2.33. The van der Waals surface area contributed by atoms with Crippen LogP contribution in [-0.2, 0) is 4.79 Å². The summed E-state index contributed by atoms with van der Waals surface area (Å²) in [6.07, 6.45) is 1.59. The van der Waals surface area contributed by atoms with Crippen molar-refractivity contribution in [1.82, 2.24) is 10.3 Å². The Kier molecular flexibility index (Phi) is 3.41. The Morgan fingerprint density at radius 3 is 3.06 bits per heavy atom. The van der Waals surface area contributed by atoms with Crippen molar-refractivity contribution in [2.45, 2.75) is 6.92 Å². The first kappa shape index (κ1) is 11.4. The predicted octanol–water partition coefficient (Wildman–Crippen LogP) is 1.53. The molecule has 1 saturated heterocycles. The number of pyridine rings is 1. The number of amides is 1. The van der Waals surface area contributed by atoms with Gasteiger partial charge in [-0.25, -0.2) is 4.98 Å². The number of nitrogens with zero attached hydrogens (tertiary/aromatic N) is 1. The molecule has 1 amide bonds. The first-order valence-corrected chi connectivity index (χ1v) is 5.68. The molecule has 2 rings (SSSR count). The number of anilines is 1. The lowest BCUT2D eigenvalue weighted by Gasteiger charge is -2.14. The molecule has 1 aliphatic heterocycles. The molecule has 2 heterocycles. The van der Waals surface area contributed by atoms with Crippen LogP contribution in [0.15, 0.2) is 18.3 Å². The van der Waals surface area contributed by atoms with Gasteiger partial charge in [-0.2, -0.15) is 0 Å². The molecule has 16 heavy (non-hydrogen) atoms. The lowest BCUT2D eigenvalue weighted by Crippen LogP contribution is -2.28. The van der Waals surface area contributed by atoms with E-state index in [0.717, 1.165) is 13.1 Å². The maximum absolute atomic E-state index is 11.9. The van der Waals surface area contributed by atoms with E-state index in [4.69, 9.17) is 11.6 Å². The van der Waals surface area contributed by atoms with E-state index < -0.39 is 0 Å². The summed E-state index contributed by atoms with van der Waals surface area (Å²) in [6, 6.07) is 3.50. The maximum atomic E-state index is 11.9. The van der Waals surface area contributed by atoms with Crippen molar-refractivity contribution in [2.24, 2.45) is 11.8 Å². The lowest BCUT2D eigenvalue weighted by atomic mass is 9.97. The molecule has 1 aliphatic rings. The van der Waals surface area contributed by atoms with Crippen molar-refractivity contribution >= 4 is 23.2 Å².